The Labute approximate surface area is 143 Å². The number of β-amino-alcohol motifs (C(OH)–C–C–N with tert-alkyl or cyclic N) is 1. The molecule has 0 bridgehead atoms. The van der Waals surface area contributed by atoms with Crippen molar-refractivity contribution in [2.24, 2.45) is 4.99 Å². The molecule has 0 amide bonds. The standard InChI is InChI=1S/C16H30N4O2S/c1-2-17-15(19-5-3-14(21)11-19)18-12-16(4-10-23-13-16)20-6-8-22-9-7-20/h14,21H,2-13H2,1H3,(H,17,18)/t14-,16?/m1/s1. The first-order valence-electron chi connectivity index (χ1n) is 8.85. The minimum absolute atomic E-state index is 0.188. The van der Waals surface area contributed by atoms with E-state index in [2.05, 4.69) is 22.0 Å². The summed E-state index contributed by atoms with van der Waals surface area (Å²) < 4.78 is 5.53. The van der Waals surface area contributed by atoms with Crippen LogP contribution < -0.4 is 5.32 Å². The summed E-state index contributed by atoms with van der Waals surface area (Å²) in [7, 11) is 0. The Hall–Kier alpha value is -0.500. The van der Waals surface area contributed by atoms with E-state index < -0.39 is 0 Å². The van der Waals surface area contributed by atoms with E-state index in [0.29, 0.717) is 6.54 Å². The lowest BCUT2D eigenvalue weighted by Crippen LogP contribution is -2.56. The molecule has 0 aliphatic carbocycles. The molecule has 3 aliphatic heterocycles. The molecule has 2 atom stereocenters. The van der Waals surface area contributed by atoms with E-state index in [1.165, 1.54) is 17.9 Å². The average molecular weight is 343 g/mol. The number of nitrogens with one attached hydrogen (secondary N) is 1. The lowest BCUT2D eigenvalue weighted by Gasteiger charge is -2.42. The number of thioether (sulfide) groups is 1. The van der Waals surface area contributed by atoms with E-state index in [-0.39, 0.29) is 11.6 Å². The highest BCUT2D eigenvalue weighted by Gasteiger charge is 2.40. The number of aliphatic imine (C=N–C) groups is 1. The van der Waals surface area contributed by atoms with Gasteiger partial charge in [0.1, 0.15) is 0 Å². The first-order chi connectivity index (χ1) is 11.2. The molecule has 23 heavy (non-hydrogen) atoms. The zero-order valence-corrected chi connectivity index (χ0v) is 15.0. The number of ether oxygens (including phenoxy) is 1. The lowest BCUT2D eigenvalue weighted by molar-refractivity contribution is -0.0105. The molecule has 3 aliphatic rings. The molecule has 3 fully saturated rings. The van der Waals surface area contributed by atoms with Crippen molar-refractivity contribution in [2.75, 3.05) is 64.0 Å². The maximum Gasteiger partial charge on any atom is 0.194 e. The van der Waals surface area contributed by atoms with Crippen molar-refractivity contribution < 1.29 is 9.84 Å². The van der Waals surface area contributed by atoms with Gasteiger partial charge in [-0.15, -0.1) is 0 Å². The lowest BCUT2D eigenvalue weighted by atomic mass is 9.96. The normalized spacial score (nSPS) is 33.4. The van der Waals surface area contributed by atoms with E-state index in [1.54, 1.807) is 0 Å². The van der Waals surface area contributed by atoms with Gasteiger partial charge in [0.05, 0.1) is 31.4 Å². The van der Waals surface area contributed by atoms with Gasteiger partial charge < -0.3 is 20.1 Å². The maximum atomic E-state index is 9.80. The van der Waals surface area contributed by atoms with Crippen molar-refractivity contribution in [3.05, 3.63) is 0 Å². The summed E-state index contributed by atoms with van der Waals surface area (Å²) in [5, 5.41) is 13.2. The number of aliphatic hydroxyl groups excluding tert-OH is 1. The van der Waals surface area contributed by atoms with Crippen LogP contribution >= 0.6 is 11.8 Å². The molecule has 3 rings (SSSR count). The van der Waals surface area contributed by atoms with Crippen LogP contribution in [0.3, 0.4) is 0 Å². The summed E-state index contributed by atoms with van der Waals surface area (Å²) in [5.74, 6) is 3.36. The van der Waals surface area contributed by atoms with Crippen LogP contribution in [0.25, 0.3) is 0 Å². The molecule has 0 aromatic carbocycles. The number of likely N-dealkylation sites (tertiary alicyclic amines) is 1. The molecule has 0 aromatic rings. The van der Waals surface area contributed by atoms with Crippen molar-refractivity contribution in [1.29, 1.82) is 0 Å². The zero-order chi connectivity index (χ0) is 16.1. The van der Waals surface area contributed by atoms with Crippen molar-refractivity contribution >= 4 is 17.7 Å². The highest BCUT2D eigenvalue weighted by atomic mass is 32.2. The summed E-state index contributed by atoms with van der Waals surface area (Å²) in [5.41, 5.74) is 0.188. The Bertz CT molecular complexity index is 409. The second-order valence-electron chi connectivity index (χ2n) is 6.69. The fourth-order valence-electron chi connectivity index (χ4n) is 3.69. The average Bonchev–Trinajstić information content (AvgIpc) is 3.22. The molecular formula is C16H30N4O2S. The van der Waals surface area contributed by atoms with Crippen LogP contribution in [0.5, 0.6) is 0 Å². The Balaban J connectivity index is 1.70. The van der Waals surface area contributed by atoms with Gasteiger partial charge in [-0.05, 0) is 25.5 Å². The zero-order valence-electron chi connectivity index (χ0n) is 14.2. The van der Waals surface area contributed by atoms with Crippen LogP contribution in [-0.4, -0.2) is 96.5 Å². The highest BCUT2D eigenvalue weighted by Crippen LogP contribution is 2.34. The van der Waals surface area contributed by atoms with Crippen LogP contribution in [-0.2, 0) is 4.74 Å². The molecule has 3 heterocycles. The van der Waals surface area contributed by atoms with Crippen molar-refractivity contribution in [1.82, 2.24) is 15.1 Å². The molecule has 6 nitrogen and oxygen atoms in total. The topological polar surface area (TPSA) is 60.3 Å². The summed E-state index contributed by atoms with van der Waals surface area (Å²) in [6.45, 7) is 9.13. The van der Waals surface area contributed by atoms with Crippen molar-refractivity contribution in [3.8, 4) is 0 Å². The molecule has 0 spiro atoms. The monoisotopic (exact) mass is 342 g/mol. The van der Waals surface area contributed by atoms with Gasteiger partial charge in [-0.3, -0.25) is 9.89 Å². The molecule has 0 saturated carbocycles. The molecule has 3 saturated heterocycles. The number of guanidine groups is 1. The van der Waals surface area contributed by atoms with Gasteiger partial charge in [0.2, 0.25) is 0 Å². The number of hydrogen-bond acceptors (Lipinski definition) is 5. The predicted octanol–water partition coefficient (Wildman–Crippen LogP) is 0.226. The number of rotatable bonds is 4. The Morgan fingerprint density at radius 1 is 1.39 bits per heavy atom. The van der Waals surface area contributed by atoms with Crippen LogP contribution in [0, 0.1) is 0 Å². The third-order valence-electron chi connectivity index (χ3n) is 5.09. The quantitative estimate of drug-likeness (QED) is 0.563. The second kappa shape index (κ2) is 8.05. The van der Waals surface area contributed by atoms with Gasteiger partial charge in [-0.1, -0.05) is 0 Å². The van der Waals surface area contributed by atoms with E-state index in [0.717, 1.165) is 58.3 Å². The molecule has 7 heteroatoms. The van der Waals surface area contributed by atoms with E-state index in [4.69, 9.17) is 9.73 Å². The highest BCUT2D eigenvalue weighted by molar-refractivity contribution is 7.99. The smallest absolute Gasteiger partial charge is 0.194 e. The Morgan fingerprint density at radius 2 is 2.22 bits per heavy atom. The van der Waals surface area contributed by atoms with Gasteiger partial charge in [0.15, 0.2) is 5.96 Å². The number of aliphatic hydroxyl groups is 1. The Kier molecular flexibility index (Phi) is 6.07. The van der Waals surface area contributed by atoms with Gasteiger partial charge in [-0.25, -0.2) is 0 Å². The summed E-state index contributed by atoms with van der Waals surface area (Å²) >= 11 is 2.05. The predicted molar refractivity (Wildman–Crippen MR) is 95.2 cm³/mol. The third-order valence-corrected chi connectivity index (χ3v) is 6.32. The number of hydrogen-bond donors (Lipinski definition) is 2. The number of morpholine rings is 1. The molecule has 2 N–H and O–H groups in total. The van der Waals surface area contributed by atoms with Crippen LogP contribution in [0.15, 0.2) is 4.99 Å². The van der Waals surface area contributed by atoms with Gasteiger partial charge in [-0.2, -0.15) is 11.8 Å². The van der Waals surface area contributed by atoms with Crippen molar-refractivity contribution in [2.45, 2.75) is 31.4 Å². The second-order valence-corrected chi connectivity index (χ2v) is 7.79. The van der Waals surface area contributed by atoms with Gasteiger partial charge in [0, 0.05) is 38.5 Å². The largest absolute Gasteiger partial charge is 0.391 e. The first kappa shape index (κ1) is 17.3. The molecule has 0 aromatic heterocycles. The third kappa shape index (κ3) is 4.13. The SMILES string of the molecule is CCNC(=NCC1(N2CCOCC2)CCSC1)N1CC[C@@H](O)C1. The number of nitrogens with zero attached hydrogens (tertiary/aromatic N) is 3. The molecule has 1 unspecified atom stereocenters. The molecular weight excluding hydrogens is 312 g/mol. The van der Waals surface area contributed by atoms with Crippen molar-refractivity contribution in [3.63, 3.8) is 0 Å². The van der Waals surface area contributed by atoms with Gasteiger partial charge in [0.25, 0.3) is 0 Å². The fraction of sp³-hybridized carbons (Fsp3) is 0.938. The van der Waals surface area contributed by atoms with Crippen LogP contribution in [0.2, 0.25) is 0 Å². The van der Waals surface area contributed by atoms with Gasteiger partial charge >= 0.3 is 0 Å². The van der Waals surface area contributed by atoms with Crippen LogP contribution in [0.1, 0.15) is 19.8 Å². The Morgan fingerprint density at radius 3 is 2.83 bits per heavy atom. The molecule has 132 valence electrons. The first-order valence-corrected chi connectivity index (χ1v) is 10.0. The summed E-state index contributed by atoms with van der Waals surface area (Å²) in [6.07, 6.45) is 1.84. The van der Waals surface area contributed by atoms with E-state index in [9.17, 15) is 5.11 Å². The maximum absolute atomic E-state index is 9.80. The summed E-state index contributed by atoms with van der Waals surface area (Å²) in [4.78, 5) is 9.78. The van der Waals surface area contributed by atoms with E-state index >= 15 is 0 Å². The molecule has 0 radical (unpaired) electrons. The van der Waals surface area contributed by atoms with E-state index in [1.807, 2.05) is 11.8 Å². The minimum Gasteiger partial charge on any atom is -0.391 e. The fourth-order valence-corrected chi connectivity index (χ4v) is 5.16. The minimum atomic E-state index is -0.214. The van der Waals surface area contributed by atoms with Crippen LogP contribution in [0.4, 0.5) is 0 Å². The summed E-state index contributed by atoms with van der Waals surface area (Å²) in [6, 6.07) is 0.